The Bertz CT molecular complexity index is 372. The Labute approximate surface area is 102 Å². The molecule has 0 saturated carbocycles. The third-order valence-corrected chi connectivity index (χ3v) is 2.29. The van der Waals surface area contributed by atoms with Crippen molar-refractivity contribution in [3.63, 3.8) is 0 Å². The van der Waals surface area contributed by atoms with Gasteiger partial charge in [-0.25, -0.2) is 8.78 Å². The molecule has 0 bridgehead atoms. The molecule has 1 rings (SSSR count). The van der Waals surface area contributed by atoms with E-state index in [0.29, 0.717) is 11.5 Å². The second-order valence-corrected chi connectivity index (χ2v) is 4.46. The number of nitrogens with one attached hydrogen (secondary N) is 1. The number of halogens is 2. The van der Waals surface area contributed by atoms with Gasteiger partial charge in [0.2, 0.25) is 0 Å². The van der Waals surface area contributed by atoms with E-state index in [-0.39, 0.29) is 0 Å². The summed E-state index contributed by atoms with van der Waals surface area (Å²) in [5.74, 6) is -0.962. The molecule has 0 spiro atoms. The normalized spacial score (nSPS) is 11.6. The van der Waals surface area contributed by atoms with Crippen molar-refractivity contribution in [1.82, 2.24) is 5.32 Å². The molecular weight excluding hydrogens is 220 g/mol. The molecule has 1 N–H and O–H groups in total. The van der Waals surface area contributed by atoms with Crippen molar-refractivity contribution < 1.29 is 8.78 Å². The van der Waals surface area contributed by atoms with Crippen molar-refractivity contribution in [2.45, 2.75) is 20.3 Å². The lowest BCUT2D eigenvalue weighted by molar-refractivity contribution is 0.508. The van der Waals surface area contributed by atoms with E-state index in [1.165, 1.54) is 6.07 Å². The first-order valence-electron chi connectivity index (χ1n) is 5.92. The van der Waals surface area contributed by atoms with Gasteiger partial charge in [0.1, 0.15) is 0 Å². The fraction of sp³-hybridized carbons (Fsp3) is 0.429. The molecule has 17 heavy (non-hydrogen) atoms. The SMILES string of the molecule is CC(C)CNCCC=Cc1ccc(F)c(F)c1. The minimum atomic E-state index is -0.805. The molecule has 3 heteroatoms. The van der Waals surface area contributed by atoms with Gasteiger partial charge in [-0.05, 0) is 43.1 Å². The first-order valence-corrected chi connectivity index (χ1v) is 5.92. The Morgan fingerprint density at radius 2 is 2.00 bits per heavy atom. The molecule has 0 fully saturated rings. The number of rotatable bonds is 6. The van der Waals surface area contributed by atoms with E-state index in [2.05, 4.69) is 19.2 Å². The van der Waals surface area contributed by atoms with E-state index >= 15 is 0 Å². The van der Waals surface area contributed by atoms with Crippen molar-refractivity contribution in [2.75, 3.05) is 13.1 Å². The molecule has 94 valence electrons. The maximum Gasteiger partial charge on any atom is 0.159 e. The summed E-state index contributed by atoms with van der Waals surface area (Å²) in [5, 5.41) is 3.31. The highest BCUT2D eigenvalue weighted by Crippen LogP contribution is 2.10. The average molecular weight is 239 g/mol. The fourth-order valence-corrected chi connectivity index (χ4v) is 1.41. The quantitative estimate of drug-likeness (QED) is 0.748. The van der Waals surface area contributed by atoms with Crippen molar-refractivity contribution in [3.05, 3.63) is 41.5 Å². The monoisotopic (exact) mass is 239 g/mol. The van der Waals surface area contributed by atoms with Crippen LogP contribution < -0.4 is 5.32 Å². The summed E-state index contributed by atoms with van der Waals surface area (Å²) in [5.41, 5.74) is 0.688. The van der Waals surface area contributed by atoms with Crippen molar-refractivity contribution in [1.29, 1.82) is 0 Å². The highest BCUT2D eigenvalue weighted by Gasteiger charge is 1.99. The van der Waals surface area contributed by atoms with Gasteiger partial charge in [0.15, 0.2) is 11.6 Å². The van der Waals surface area contributed by atoms with Crippen LogP contribution in [0.5, 0.6) is 0 Å². The third kappa shape index (κ3) is 5.59. The molecule has 0 aliphatic carbocycles. The molecular formula is C14H19F2N. The summed E-state index contributed by atoms with van der Waals surface area (Å²) in [6.45, 7) is 6.21. The summed E-state index contributed by atoms with van der Waals surface area (Å²) in [6, 6.07) is 3.91. The summed E-state index contributed by atoms with van der Waals surface area (Å²) >= 11 is 0. The molecule has 1 aromatic rings. The molecule has 0 radical (unpaired) electrons. The third-order valence-electron chi connectivity index (χ3n) is 2.29. The molecule has 0 aliphatic rings. The molecule has 0 atom stereocenters. The van der Waals surface area contributed by atoms with Crippen LogP contribution in [0.25, 0.3) is 6.08 Å². The van der Waals surface area contributed by atoms with Crippen molar-refractivity contribution in [2.24, 2.45) is 5.92 Å². The standard InChI is InChI=1S/C14H19F2N/c1-11(2)10-17-8-4-3-5-12-6-7-13(15)14(16)9-12/h3,5-7,9,11,17H,4,8,10H2,1-2H3. The second-order valence-electron chi connectivity index (χ2n) is 4.46. The zero-order valence-corrected chi connectivity index (χ0v) is 10.3. The minimum Gasteiger partial charge on any atom is -0.316 e. The first kappa shape index (κ1) is 13.8. The zero-order valence-electron chi connectivity index (χ0n) is 10.3. The van der Waals surface area contributed by atoms with Crippen LogP contribution in [-0.4, -0.2) is 13.1 Å². The largest absolute Gasteiger partial charge is 0.316 e. The Balaban J connectivity index is 2.31. The van der Waals surface area contributed by atoms with E-state index < -0.39 is 11.6 Å². The molecule has 1 aromatic carbocycles. The minimum absolute atomic E-state index is 0.644. The van der Waals surface area contributed by atoms with Gasteiger partial charge in [0, 0.05) is 0 Å². The van der Waals surface area contributed by atoms with Gasteiger partial charge in [-0.3, -0.25) is 0 Å². The summed E-state index contributed by atoms with van der Waals surface area (Å²) in [6.07, 6.45) is 4.64. The summed E-state index contributed by atoms with van der Waals surface area (Å²) in [4.78, 5) is 0. The lowest BCUT2D eigenvalue weighted by Gasteiger charge is -2.04. The van der Waals surface area contributed by atoms with E-state index in [9.17, 15) is 8.78 Å². The lowest BCUT2D eigenvalue weighted by atomic mass is 10.2. The van der Waals surface area contributed by atoms with Gasteiger partial charge in [0.05, 0.1) is 0 Å². The van der Waals surface area contributed by atoms with E-state index in [1.807, 2.05) is 6.08 Å². The van der Waals surface area contributed by atoms with Crippen LogP contribution in [0.3, 0.4) is 0 Å². The topological polar surface area (TPSA) is 12.0 Å². The average Bonchev–Trinajstić information content (AvgIpc) is 2.27. The highest BCUT2D eigenvalue weighted by atomic mass is 19.2. The Hall–Kier alpha value is -1.22. The van der Waals surface area contributed by atoms with Gasteiger partial charge < -0.3 is 5.32 Å². The molecule has 0 saturated heterocycles. The van der Waals surface area contributed by atoms with Gasteiger partial charge in [-0.2, -0.15) is 0 Å². The maximum absolute atomic E-state index is 12.9. The Morgan fingerprint density at radius 1 is 1.24 bits per heavy atom. The zero-order chi connectivity index (χ0) is 12.7. The Kier molecular flexibility index (Phi) is 5.84. The maximum atomic E-state index is 12.9. The van der Waals surface area contributed by atoms with Crippen LogP contribution >= 0.6 is 0 Å². The van der Waals surface area contributed by atoms with E-state index in [0.717, 1.165) is 25.6 Å². The smallest absolute Gasteiger partial charge is 0.159 e. The predicted octanol–water partition coefficient (Wildman–Crippen LogP) is 3.61. The van der Waals surface area contributed by atoms with Crippen LogP contribution in [0.1, 0.15) is 25.8 Å². The molecule has 0 unspecified atom stereocenters. The summed E-state index contributed by atoms with van der Waals surface area (Å²) < 4.78 is 25.5. The van der Waals surface area contributed by atoms with Crippen LogP contribution in [0.2, 0.25) is 0 Å². The molecule has 1 nitrogen and oxygen atoms in total. The van der Waals surface area contributed by atoms with Gasteiger partial charge >= 0.3 is 0 Å². The number of hydrogen-bond donors (Lipinski definition) is 1. The van der Waals surface area contributed by atoms with Crippen molar-refractivity contribution >= 4 is 6.08 Å². The number of hydrogen-bond acceptors (Lipinski definition) is 1. The fourth-order valence-electron chi connectivity index (χ4n) is 1.41. The highest BCUT2D eigenvalue weighted by molar-refractivity contribution is 5.49. The molecule has 0 aromatic heterocycles. The molecule has 0 heterocycles. The number of benzene rings is 1. The predicted molar refractivity (Wildman–Crippen MR) is 67.7 cm³/mol. The lowest BCUT2D eigenvalue weighted by Crippen LogP contribution is -2.20. The van der Waals surface area contributed by atoms with Gasteiger partial charge in [-0.1, -0.05) is 32.1 Å². The van der Waals surface area contributed by atoms with Gasteiger partial charge in [-0.15, -0.1) is 0 Å². The second kappa shape index (κ2) is 7.17. The molecule has 0 amide bonds. The Morgan fingerprint density at radius 3 is 2.65 bits per heavy atom. The van der Waals surface area contributed by atoms with Crippen molar-refractivity contribution in [3.8, 4) is 0 Å². The van der Waals surface area contributed by atoms with E-state index in [1.54, 1.807) is 12.1 Å². The molecule has 0 aliphatic heterocycles. The van der Waals surface area contributed by atoms with Crippen LogP contribution in [0, 0.1) is 17.6 Å². The van der Waals surface area contributed by atoms with Crippen LogP contribution in [-0.2, 0) is 0 Å². The van der Waals surface area contributed by atoms with E-state index in [4.69, 9.17) is 0 Å². The summed E-state index contributed by atoms with van der Waals surface area (Å²) in [7, 11) is 0. The van der Waals surface area contributed by atoms with Gasteiger partial charge in [0.25, 0.3) is 0 Å². The van der Waals surface area contributed by atoms with Crippen LogP contribution in [0.4, 0.5) is 8.78 Å². The first-order chi connectivity index (χ1) is 8.09. The van der Waals surface area contributed by atoms with Crippen LogP contribution in [0.15, 0.2) is 24.3 Å².